The van der Waals surface area contributed by atoms with Gasteiger partial charge in [0.1, 0.15) is 6.20 Å². The lowest BCUT2D eigenvalue weighted by molar-refractivity contribution is 0.102. The van der Waals surface area contributed by atoms with E-state index in [1.807, 2.05) is 13.0 Å². The second-order valence-electron chi connectivity index (χ2n) is 6.90. The van der Waals surface area contributed by atoms with E-state index in [1.54, 1.807) is 24.4 Å². The molecule has 0 aliphatic carbocycles. The third kappa shape index (κ3) is 3.32. The van der Waals surface area contributed by atoms with Crippen LogP contribution in [0.15, 0.2) is 41.3 Å². The summed E-state index contributed by atoms with van der Waals surface area (Å²) in [5.74, 6) is -0.0874. The van der Waals surface area contributed by atoms with E-state index >= 15 is 0 Å². The van der Waals surface area contributed by atoms with Gasteiger partial charge in [0.2, 0.25) is 5.56 Å². The molecular weight excluding hydrogens is 354 g/mol. The van der Waals surface area contributed by atoms with Gasteiger partial charge in [-0.3, -0.25) is 9.59 Å². The highest BCUT2D eigenvalue weighted by Gasteiger charge is 2.22. The fourth-order valence-electron chi connectivity index (χ4n) is 3.59. The summed E-state index contributed by atoms with van der Waals surface area (Å²) in [7, 11) is 0. The second-order valence-corrected chi connectivity index (χ2v) is 6.90. The molecule has 2 N–H and O–H groups in total. The number of amides is 1. The Morgan fingerprint density at radius 2 is 2.04 bits per heavy atom. The first-order valence-electron chi connectivity index (χ1n) is 9.12. The third-order valence-corrected chi connectivity index (χ3v) is 4.98. The fraction of sp³-hybridized carbons (Fsp3) is 0.238. The fourth-order valence-corrected chi connectivity index (χ4v) is 3.59. The Hall–Kier alpha value is -3.66. The summed E-state index contributed by atoms with van der Waals surface area (Å²) in [4.78, 5) is 37.0. The number of nitrogens with one attached hydrogen (secondary N) is 2. The number of H-pyrrole nitrogens is 1. The Morgan fingerprint density at radius 3 is 2.79 bits per heavy atom. The largest absolute Gasteiger partial charge is 0.368 e. The molecule has 0 bridgehead atoms. The van der Waals surface area contributed by atoms with Gasteiger partial charge in [0, 0.05) is 35.7 Å². The molecule has 3 heterocycles. The molecule has 1 aliphatic heterocycles. The quantitative estimate of drug-likeness (QED) is 0.687. The highest BCUT2D eigenvalue weighted by molar-refractivity contribution is 6.09. The number of benzene rings is 1. The molecule has 1 aromatic carbocycles. The van der Waals surface area contributed by atoms with Crippen molar-refractivity contribution >= 4 is 34.0 Å². The maximum atomic E-state index is 13.0. The molecule has 0 saturated carbocycles. The maximum Gasteiger partial charge on any atom is 0.270 e. The molecule has 0 radical (unpaired) electrons. The number of aromatic nitrogens is 2. The van der Waals surface area contributed by atoms with Crippen molar-refractivity contribution < 1.29 is 4.79 Å². The molecule has 3 aromatic rings. The third-order valence-electron chi connectivity index (χ3n) is 4.98. The van der Waals surface area contributed by atoms with Crippen LogP contribution in [0.5, 0.6) is 0 Å². The number of nitrogens with zero attached hydrogens (tertiary/aromatic N) is 3. The van der Waals surface area contributed by atoms with Crippen molar-refractivity contribution in [2.75, 3.05) is 23.3 Å². The van der Waals surface area contributed by atoms with Crippen LogP contribution in [0.4, 0.5) is 17.2 Å². The number of aromatic amines is 1. The van der Waals surface area contributed by atoms with E-state index in [0.29, 0.717) is 11.3 Å². The van der Waals surface area contributed by atoms with Crippen molar-refractivity contribution in [3.8, 4) is 0 Å². The van der Waals surface area contributed by atoms with Gasteiger partial charge >= 0.3 is 0 Å². The first-order chi connectivity index (χ1) is 13.5. The van der Waals surface area contributed by atoms with Crippen LogP contribution in [-0.2, 0) is 0 Å². The standard InChI is InChI=1S/C21H19N5O2/c1-13-9-20(27)25-17-6-5-14(10-15(13)17)24-21(28)16-11-19(22-2)23-12-18(16)26-7-3-4-8-26/h5-6,9-12H,3-4,7-8H2,1H3,(H,24,28)(H,25,27). The van der Waals surface area contributed by atoms with Crippen LogP contribution in [0.25, 0.3) is 15.7 Å². The van der Waals surface area contributed by atoms with Gasteiger partial charge in [-0.25, -0.2) is 0 Å². The van der Waals surface area contributed by atoms with Gasteiger partial charge in [-0.1, -0.05) is 6.57 Å². The Morgan fingerprint density at radius 1 is 1.25 bits per heavy atom. The maximum absolute atomic E-state index is 13.0. The van der Waals surface area contributed by atoms with E-state index in [1.165, 1.54) is 6.07 Å². The second kappa shape index (κ2) is 7.16. The van der Waals surface area contributed by atoms with E-state index in [9.17, 15) is 9.59 Å². The van der Waals surface area contributed by atoms with Crippen molar-refractivity contribution in [3.05, 3.63) is 69.4 Å². The lowest BCUT2D eigenvalue weighted by Crippen LogP contribution is -2.23. The number of anilines is 2. The van der Waals surface area contributed by atoms with Crippen LogP contribution >= 0.6 is 0 Å². The smallest absolute Gasteiger partial charge is 0.270 e. The predicted octanol–water partition coefficient (Wildman–Crippen LogP) is 3.63. The summed E-state index contributed by atoms with van der Waals surface area (Å²) in [5, 5.41) is 3.79. The Balaban J connectivity index is 1.69. The molecular formula is C21H19N5O2. The van der Waals surface area contributed by atoms with E-state index in [2.05, 4.69) is 25.0 Å². The van der Waals surface area contributed by atoms with Crippen molar-refractivity contribution in [3.63, 3.8) is 0 Å². The van der Waals surface area contributed by atoms with E-state index in [0.717, 1.165) is 48.1 Å². The van der Waals surface area contributed by atoms with Gasteiger partial charge in [-0.15, -0.1) is 4.98 Å². The molecule has 1 fully saturated rings. The van der Waals surface area contributed by atoms with Gasteiger partial charge in [0.05, 0.1) is 11.3 Å². The number of fused-ring (bicyclic) bond motifs is 1. The first kappa shape index (κ1) is 17.7. The summed E-state index contributed by atoms with van der Waals surface area (Å²) < 4.78 is 0. The molecule has 1 aliphatic rings. The Labute approximate surface area is 161 Å². The zero-order valence-electron chi connectivity index (χ0n) is 15.5. The van der Waals surface area contributed by atoms with Crippen LogP contribution in [0.2, 0.25) is 0 Å². The van der Waals surface area contributed by atoms with Crippen molar-refractivity contribution in [2.45, 2.75) is 19.8 Å². The lowest BCUT2D eigenvalue weighted by Gasteiger charge is -2.19. The highest BCUT2D eigenvalue weighted by Crippen LogP contribution is 2.28. The minimum absolute atomic E-state index is 0.152. The SMILES string of the molecule is [C-]#[N+]c1cc(C(=O)Nc2ccc3[nH]c(=O)cc(C)c3c2)c(N2CCCC2)cn1. The molecule has 0 unspecified atom stereocenters. The summed E-state index contributed by atoms with van der Waals surface area (Å²) in [6, 6.07) is 8.44. The lowest BCUT2D eigenvalue weighted by atomic mass is 10.1. The van der Waals surface area contributed by atoms with Gasteiger partial charge in [-0.05, 0) is 49.6 Å². The van der Waals surface area contributed by atoms with Crippen LogP contribution in [0, 0.1) is 13.5 Å². The Kier molecular flexibility index (Phi) is 4.53. The zero-order valence-corrected chi connectivity index (χ0v) is 15.5. The minimum Gasteiger partial charge on any atom is -0.368 e. The molecule has 1 saturated heterocycles. The van der Waals surface area contributed by atoms with Crippen LogP contribution < -0.4 is 15.8 Å². The number of carbonyl (C=O) groups excluding carboxylic acids is 1. The van der Waals surface area contributed by atoms with Gasteiger partial charge < -0.3 is 20.0 Å². The average Bonchev–Trinajstić information content (AvgIpc) is 3.22. The Bertz CT molecular complexity index is 1170. The van der Waals surface area contributed by atoms with Crippen molar-refractivity contribution in [1.82, 2.24) is 9.97 Å². The van der Waals surface area contributed by atoms with E-state index < -0.39 is 0 Å². The normalized spacial score (nSPS) is 13.5. The van der Waals surface area contributed by atoms with Gasteiger partial charge in [0.15, 0.2) is 0 Å². The molecule has 4 rings (SSSR count). The molecule has 7 heteroatoms. The number of rotatable bonds is 3. The topological polar surface area (TPSA) is 82.4 Å². The average molecular weight is 373 g/mol. The number of hydrogen-bond donors (Lipinski definition) is 2. The zero-order chi connectivity index (χ0) is 19.7. The molecule has 0 atom stereocenters. The number of aryl methyl sites for hydroxylation is 1. The van der Waals surface area contributed by atoms with Crippen LogP contribution in [0.1, 0.15) is 28.8 Å². The van der Waals surface area contributed by atoms with E-state index in [4.69, 9.17) is 6.57 Å². The van der Waals surface area contributed by atoms with Gasteiger partial charge in [-0.2, -0.15) is 0 Å². The summed E-state index contributed by atoms with van der Waals surface area (Å²) in [6.07, 6.45) is 3.77. The molecule has 1 amide bonds. The summed E-state index contributed by atoms with van der Waals surface area (Å²) in [6.45, 7) is 10.8. The minimum atomic E-state index is -0.282. The molecule has 2 aromatic heterocycles. The summed E-state index contributed by atoms with van der Waals surface area (Å²) in [5.41, 5.74) is 3.23. The summed E-state index contributed by atoms with van der Waals surface area (Å²) >= 11 is 0. The molecule has 28 heavy (non-hydrogen) atoms. The monoisotopic (exact) mass is 373 g/mol. The molecule has 0 spiro atoms. The highest BCUT2D eigenvalue weighted by atomic mass is 16.1. The van der Waals surface area contributed by atoms with Gasteiger partial charge in [0.25, 0.3) is 11.7 Å². The number of hydrogen-bond acceptors (Lipinski definition) is 4. The van der Waals surface area contributed by atoms with Crippen LogP contribution in [0.3, 0.4) is 0 Å². The van der Waals surface area contributed by atoms with E-state index in [-0.39, 0.29) is 17.3 Å². The molecule has 7 nitrogen and oxygen atoms in total. The molecule has 140 valence electrons. The number of carbonyl (C=O) groups is 1. The number of pyridine rings is 2. The van der Waals surface area contributed by atoms with Crippen molar-refractivity contribution in [2.24, 2.45) is 0 Å². The van der Waals surface area contributed by atoms with Crippen LogP contribution in [-0.4, -0.2) is 29.0 Å². The first-order valence-corrected chi connectivity index (χ1v) is 9.12. The van der Waals surface area contributed by atoms with Crippen molar-refractivity contribution in [1.29, 1.82) is 0 Å². The predicted molar refractivity (Wildman–Crippen MR) is 109 cm³/mol.